The number of halogens is 1. The molecule has 0 fully saturated rings. The van der Waals surface area contributed by atoms with Gasteiger partial charge in [0.15, 0.2) is 17.1 Å². The Balaban J connectivity index is 2.67. The zero-order valence-corrected chi connectivity index (χ0v) is 7.30. The van der Waals surface area contributed by atoms with Crippen molar-refractivity contribution in [2.45, 2.75) is 13.3 Å². The average Bonchev–Trinajstić information content (AvgIpc) is 2.46. The van der Waals surface area contributed by atoms with E-state index in [0.717, 1.165) is 6.42 Å². The van der Waals surface area contributed by atoms with E-state index in [1.54, 1.807) is 12.1 Å². The van der Waals surface area contributed by atoms with Crippen LogP contribution in [-0.2, 0) is 6.42 Å². The maximum atomic E-state index is 5.68. The van der Waals surface area contributed by atoms with Crippen LogP contribution in [0.4, 0.5) is 0 Å². The Morgan fingerprint density at radius 2 is 2.25 bits per heavy atom. The topological polar surface area (TPSA) is 38.9 Å². The Morgan fingerprint density at radius 3 is 3.00 bits per heavy atom. The minimum absolute atomic E-state index is 0.443. The first-order valence-electron chi connectivity index (χ1n) is 3.71. The molecule has 2 heterocycles. The number of fused-ring (bicyclic) bond motifs is 1. The zero-order chi connectivity index (χ0) is 8.55. The third-order valence-corrected chi connectivity index (χ3v) is 1.78. The molecule has 0 aromatic carbocycles. The molecular formula is C8H7ClN2O. The van der Waals surface area contributed by atoms with E-state index in [1.165, 1.54) is 0 Å². The highest BCUT2D eigenvalue weighted by molar-refractivity contribution is 6.29. The Labute approximate surface area is 74.4 Å². The molecule has 0 radical (unpaired) electrons. The molecule has 0 bridgehead atoms. The van der Waals surface area contributed by atoms with E-state index in [4.69, 9.17) is 16.0 Å². The predicted octanol–water partition coefficient (Wildman–Crippen LogP) is 2.44. The van der Waals surface area contributed by atoms with Gasteiger partial charge in [0.1, 0.15) is 5.15 Å². The molecule has 0 aliphatic rings. The highest BCUT2D eigenvalue weighted by Gasteiger charge is 2.04. The minimum Gasteiger partial charge on any atom is -0.439 e. The molecule has 0 amide bonds. The molecule has 0 saturated carbocycles. The lowest BCUT2D eigenvalue weighted by Crippen LogP contribution is -1.78. The van der Waals surface area contributed by atoms with Gasteiger partial charge in [0, 0.05) is 6.42 Å². The van der Waals surface area contributed by atoms with Gasteiger partial charge in [0.05, 0.1) is 0 Å². The Hall–Kier alpha value is -1.09. The Morgan fingerprint density at radius 1 is 1.42 bits per heavy atom. The van der Waals surface area contributed by atoms with Crippen LogP contribution in [0.25, 0.3) is 11.2 Å². The number of oxazole rings is 1. The van der Waals surface area contributed by atoms with Crippen LogP contribution in [0.5, 0.6) is 0 Å². The van der Waals surface area contributed by atoms with Crippen LogP contribution in [0, 0.1) is 0 Å². The van der Waals surface area contributed by atoms with E-state index in [-0.39, 0.29) is 0 Å². The zero-order valence-electron chi connectivity index (χ0n) is 6.54. The van der Waals surface area contributed by atoms with Gasteiger partial charge in [-0.3, -0.25) is 0 Å². The summed E-state index contributed by atoms with van der Waals surface area (Å²) in [6.07, 6.45) is 0.772. The SMILES string of the molecule is CCc1nc2nc(Cl)ccc2o1. The van der Waals surface area contributed by atoms with Crippen molar-refractivity contribution in [2.24, 2.45) is 0 Å². The van der Waals surface area contributed by atoms with E-state index >= 15 is 0 Å². The summed E-state index contributed by atoms with van der Waals surface area (Å²) >= 11 is 5.68. The second kappa shape index (κ2) is 2.75. The number of hydrogen-bond acceptors (Lipinski definition) is 3. The average molecular weight is 183 g/mol. The summed E-state index contributed by atoms with van der Waals surface area (Å²) in [6.45, 7) is 1.98. The largest absolute Gasteiger partial charge is 0.439 e. The van der Waals surface area contributed by atoms with Crippen molar-refractivity contribution in [1.29, 1.82) is 0 Å². The van der Waals surface area contributed by atoms with Crippen molar-refractivity contribution < 1.29 is 4.42 Å². The highest BCUT2D eigenvalue weighted by Crippen LogP contribution is 2.16. The first kappa shape index (κ1) is 7.55. The van der Waals surface area contributed by atoms with E-state index < -0.39 is 0 Å². The number of rotatable bonds is 1. The summed E-state index contributed by atoms with van der Waals surface area (Å²) in [6, 6.07) is 3.46. The smallest absolute Gasteiger partial charge is 0.200 e. The second-order valence-electron chi connectivity index (χ2n) is 2.42. The lowest BCUT2D eigenvalue weighted by atomic mass is 10.5. The van der Waals surface area contributed by atoms with Gasteiger partial charge in [-0.25, -0.2) is 4.98 Å². The van der Waals surface area contributed by atoms with Crippen LogP contribution >= 0.6 is 11.6 Å². The maximum absolute atomic E-state index is 5.68. The summed E-state index contributed by atoms with van der Waals surface area (Å²) < 4.78 is 5.34. The highest BCUT2D eigenvalue weighted by atomic mass is 35.5. The van der Waals surface area contributed by atoms with Crippen molar-refractivity contribution >= 4 is 22.8 Å². The van der Waals surface area contributed by atoms with Crippen molar-refractivity contribution in [3.05, 3.63) is 23.2 Å². The van der Waals surface area contributed by atoms with E-state index in [0.29, 0.717) is 22.3 Å². The minimum atomic E-state index is 0.443. The van der Waals surface area contributed by atoms with Gasteiger partial charge in [-0.1, -0.05) is 18.5 Å². The summed E-state index contributed by atoms with van der Waals surface area (Å²) in [4.78, 5) is 8.13. The van der Waals surface area contributed by atoms with Gasteiger partial charge >= 0.3 is 0 Å². The lowest BCUT2D eigenvalue weighted by Gasteiger charge is -1.84. The molecule has 0 atom stereocenters. The van der Waals surface area contributed by atoms with E-state index in [2.05, 4.69) is 9.97 Å². The summed E-state index contributed by atoms with van der Waals surface area (Å²) in [5.41, 5.74) is 1.27. The first-order valence-corrected chi connectivity index (χ1v) is 4.09. The third-order valence-electron chi connectivity index (χ3n) is 1.57. The van der Waals surface area contributed by atoms with Crippen LogP contribution in [0.3, 0.4) is 0 Å². The van der Waals surface area contributed by atoms with Crippen LogP contribution in [0.1, 0.15) is 12.8 Å². The molecule has 0 unspecified atom stereocenters. The van der Waals surface area contributed by atoms with E-state index in [1.807, 2.05) is 6.92 Å². The number of pyridine rings is 1. The number of aromatic nitrogens is 2. The number of hydrogen-bond donors (Lipinski definition) is 0. The van der Waals surface area contributed by atoms with Crippen LogP contribution in [0.2, 0.25) is 5.15 Å². The molecule has 0 N–H and O–H groups in total. The fraction of sp³-hybridized carbons (Fsp3) is 0.250. The summed E-state index contributed by atoms with van der Waals surface area (Å²) in [5, 5.41) is 0.443. The lowest BCUT2D eigenvalue weighted by molar-refractivity contribution is 0.538. The standard InChI is InChI=1S/C8H7ClN2O/c1-2-7-11-8-5(12-7)3-4-6(9)10-8/h3-4H,2H2,1H3. The molecule has 0 spiro atoms. The molecule has 0 saturated heterocycles. The summed E-state index contributed by atoms with van der Waals surface area (Å²) in [7, 11) is 0. The molecule has 2 aromatic heterocycles. The van der Waals surface area contributed by atoms with Crippen molar-refractivity contribution in [3.63, 3.8) is 0 Å². The second-order valence-corrected chi connectivity index (χ2v) is 2.80. The fourth-order valence-electron chi connectivity index (χ4n) is 0.991. The number of aryl methyl sites for hydroxylation is 1. The first-order chi connectivity index (χ1) is 5.79. The molecule has 2 rings (SSSR count). The van der Waals surface area contributed by atoms with Gasteiger partial charge in [0.25, 0.3) is 0 Å². The predicted molar refractivity (Wildman–Crippen MR) is 46.2 cm³/mol. The van der Waals surface area contributed by atoms with Crippen molar-refractivity contribution in [3.8, 4) is 0 Å². The Bertz CT molecular complexity index is 410. The fourth-order valence-corrected chi connectivity index (χ4v) is 1.13. The van der Waals surface area contributed by atoms with Gasteiger partial charge in [-0.2, -0.15) is 4.98 Å². The van der Waals surface area contributed by atoms with E-state index in [9.17, 15) is 0 Å². The molecule has 4 heteroatoms. The maximum Gasteiger partial charge on any atom is 0.200 e. The van der Waals surface area contributed by atoms with Crippen LogP contribution in [-0.4, -0.2) is 9.97 Å². The molecule has 0 aliphatic carbocycles. The van der Waals surface area contributed by atoms with Crippen LogP contribution in [0.15, 0.2) is 16.5 Å². The molecular weight excluding hydrogens is 176 g/mol. The summed E-state index contributed by atoms with van der Waals surface area (Å²) in [5.74, 6) is 0.694. The third kappa shape index (κ3) is 1.16. The monoisotopic (exact) mass is 182 g/mol. The molecule has 2 aromatic rings. The van der Waals surface area contributed by atoms with Gasteiger partial charge in [-0.15, -0.1) is 0 Å². The van der Waals surface area contributed by atoms with Gasteiger partial charge < -0.3 is 4.42 Å². The van der Waals surface area contributed by atoms with Crippen molar-refractivity contribution in [2.75, 3.05) is 0 Å². The van der Waals surface area contributed by atoms with Crippen LogP contribution < -0.4 is 0 Å². The van der Waals surface area contributed by atoms with Gasteiger partial charge in [0.2, 0.25) is 0 Å². The van der Waals surface area contributed by atoms with Crippen molar-refractivity contribution in [1.82, 2.24) is 9.97 Å². The molecule has 0 aliphatic heterocycles. The van der Waals surface area contributed by atoms with Gasteiger partial charge in [-0.05, 0) is 12.1 Å². The Kier molecular flexibility index (Phi) is 1.73. The molecule has 3 nitrogen and oxygen atoms in total. The number of nitrogens with zero attached hydrogens (tertiary/aromatic N) is 2. The molecule has 12 heavy (non-hydrogen) atoms. The normalized spacial score (nSPS) is 10.8. The quantitative estimate of drug-likeness (QED) is 0.636. The molecule has 62 valence electrons.